The highest BCUT2D eigenvalue weighted by atomic mass is 35.5. The highest BCUT2D eigenvalue weighted by molar-refractivity contribution is 6.20. The fourth-order valence-electron chi connectivity index (χ4n) is 3.92. The van der Waals surface area contributed by atoms with Crippen molar-refractivity contribution in [1.82, 2.24) is 0 Å². The van der Waals surface area contributed by atoms with E-state index in [1.54, 1.807) is 12.1 Å². The number of hydrogen-bond acceptors (Lipinski definition) is 4. The zero-order valence-corrected chi connectivity index (χ0v) is 18.9. The van der Waals surface area contributed by atoms with Gasteiger partial charge in [0, 0.05) is 5.38 Å². The van der Waals surface area contributed by atoms with Gasteiger partial charge in [-0.1, -0.05) is 50.5 Å². The van der Waals surface area contributed by atoms with Crippen LogP contribution in [0.2, 0.25) is 0 Å². The third-order valence-electron chi connectivity index (χ3n) is 5.81. The van der Waals surface area contributed by atoms with Gasteiger partial charge in [-0.3, -0.25) is 0 Å². The van der Waals surface area contributed by atoms with E-state index in [1.165, 1.54) is 19.3 Å². The Morgan fingerprint density at radius 1 is 1.06 bits per heavy atom. The molecule has 0 radical (unpaired) electrons. The van der Waals surface area contributed by atoms with Crippen LogP contribution in [0.15, 0.2) is 48.5 Å². The minimum atomic E-state index is -1.14. The molecule has 0 aromatic heterocycles. The number of benzene rings is 2. The van der Waals surface area contributed by atoms with E-state index in [9.17, 15) is 10.1 Å². The van der Waals surface area contributed by atoms with Crippen LogP contribution in [-0.4, -0.2) is 18.0 Å². The minimum absolute atomic E-state index is 0.161. The third kappa shape index (κ3) is 6.24. The van der Waals surface area contributed by atoms with Crippen LogP contribution in [-0.2, 0) is 4.79 Å². The number of hydrogen-bond donors (Lipinski definition) is 0. The van der Waals surface area contributed by atoms with Gasteiger partial charge in [0.25, 0.3) is 0 Å². The Balaban J connectivity index is 1.57. The lowest BCUT2D eigenvalue weighted by Crippen LogP contribution is -2.38. The average molecular weight is 440 g/mol. The summed E-state index contributed by atoms with van der Waals surface area (Å²) in [6.45, 7) is 2.94. The molecule has 2 atom stereocenters. The molecule has 1 fully saturated rings. The Labute approximate surface area is 190 Å². The quantitative estimate of drug-likeness (QED) is 0.184. The molecule has 0 N–H and O–H groups in total. The van der Waals surface area contributed by atoms with E-state index < -0.39 is 11.4 Å². The van der Waals surface area contributed by atoms with Crippen molar-refractivity contribution in [3.05, 3.63) is 48.5 Å². The molecule has 31 heavy (non-hydrogen) atoms. The Bertz CT molecular complexity index is 888. The first kappa shape index (κ1) is 23.2. The van der Waals surface area contributed by atoms with Gasteiger partial charge in [-0.15, -0.1) is 11.6 Å². The van der Waals surface area contributed by atoms with Crippen LogP contribution in [0.3, 0.4) is 0 Å². The molecule has 0 heterocycles. The first-order valence-electron chi connectivity index (χ1n) is 11.2. The molecule has 0 bridgehead atoms. The van der Waals surface area contributed by atoms with Crippen LogP contribution in [0.1, 0.15) is 58.3 Å². The molecule has 2 aromatic carbocycles. The van der Waals surface area contributed by atoms with E-state index in [0.29, 0.717) is 18.6 Å². The standard InChI is InChI=1S/C26H30ClNO3/c1-2-3-4-5-17-30-23-12-8-20(9-13-23)21-10-14-24(15-11-21)31-25(29)26(19-28)16-6-7-22(27)18-26/h8-15,22H,2-7,16-18H2,1H3. The van der Waals surface area contributed by atoms with Crippen molar-refractivity contribution in [2.45, 2.75) is 63.7 Å². The maximum absolute atomic E-state index is 12.7. The normalized spacial score (nSPS) is 20.6. The van der Waals surface area contributed by atoms with Crippen LogP contribution >= 0.6 is 11.6 Å². The van der Waals surface area contributed by atoms with E-state index in [1.807, 2.05) is 36.4 Å². The minimum Gasteiger partial charge on any atom is -0.494 e. The summed E-state index contributed by atoms with van der Waals surface area (Å²) in [5.74, 6) is 0.804. The maximum atomic E-state index is 12.7. The van der Waals surface area contributed by atoms with Gasteiger partial charge in [0.2, 0.25) is 0 Å². The largest absolute Gasteiger partial charge is 0.494 e. The second kappa shape index (κ2) is 11.2. The van der Waals surface area contributed by atoms with Crippen molar-refractivity contribution in [1.29, 1.82) is 5.26 Å². The summed E-state index contributed by atoms with van der Waals surface area (Å²) in [5, 5.41) is 9.43. The molecular formula is C26H30ClNO3. The molecule has 0 spiro atoms. The van der Waals surface area contributed by atoms with Crippen molar-refractivity contribution in [2.75, 3.05) is 6.61 Å². The van der Waals surface area contributed by atoms with Gasteiger partial charge in [-0.05, 0) is 67.5 Å². The Kier molecular flexibility index (Phi) is 8.37. The Morgan fingerprint density at radius 2 is 1.71 bits per heavy atom. The van der Waals surface area contributed by atoms with Gasteiger partial charge in [0.05, 0.1) is 12.7 Å². The number of unbranched alkanes of at least 4 members (excludes halogenated alkanes) is 3. The second-order valence-corrected chi connectivity index (χ2v) is 8.85. The van der Waals surface area contributed by atoms with Gasteiger partial charge >= 0.3 is 5.97 Å². The summed E-state index contributed by atoms with van der Waals surface area (Å²) in [7, 11) is 0. The number of carbonyl (C=O) groups excluding carboxylic acids is 1. The fourth-order valence-corrected chi connectivity index (χ4v) is 4.34. The summed E-state index contributed by atoms with van der Waals surface area (Å²) < 4.78 is 11.3. The van der Waals surface area contributed by atoms with Crippen molar-refractivity contribution in [2.24, 2.45) is 5.41 Å². The number of ether oxygens (including phenoxy) is 2. The molecule has 1 aliphatic rings. The van der Waals surface area contributed by atoms with Gasteiger partial charge in [-0.2, -0.15) is 5.26 Å². The van der Waals surface area contributed by atoms with E-state index in [2.05, 4.69) is 13.0 Å². The summed E-state index contributed by atoms with van der Waals surface area (Å²) >= 11 is 6.21. The van der Waals surface area contributed by atoms with Crippen LogP contribution in [0, 0.1) is 16.7 Å². The zero-order chi connectivity index (χ0) is 22.1. The van der Waals surface area contributed by atoms with Crippen molar-refractivity contribution in [3.63, 3.8) is 0 Å². The van der Waals surface area contributed by atoms with Crippen LogP contribution in [0.25, 0.3) is 11.1 Å². The number of rotatable bonds is 9. The van der Waals surface area contributed by atoms with Crippen molar-refractivity contribution in [3.8, 4) is 28.7 Å². The van der Waals surface area contributed by atoms with Crippen LogP contribution < -0.4 is 9.47 Å². The molecule has 3 rings (SSSR count). The molecule has 0 aliphatic heterocycles. The number of alkyl halides is 1. The molecule has 1 saturated carbocycles. The summed E-state index contributed by atoms with van der Waals surface area (Å²) in [4.78, 5) is 12.7. The highest BCUT2D eigenvalue weighted by Gasteiger charge is 2.44. The Hall–Kier alpha value is -2.51. The molecule has 0 saturated heterocycles. The predicted octanol–water partition coefficient (Wildman–Crippen LogP) is 6.91. The summed E-state index contributed by atoms with van der Waals surface area (Å²) in [6, 6.07) is 17.5. The van der Waals surface area contributed by atoms with Crippen molar-refractivity contribution >= 4 is 17.6 Å². The topological polar surface area (TPSA) is 59.3 Å². The summed E-state index contributed by atoms with van der Waals surface area (Å²) in [5.41, 5.74) is 0.931. The molecule has 1 aliphatic carbocycles. The Morgan fingerprint density at radius 3 is 2.29 bits per heavy atom. The number of nitrogens with zero attached hydrogens (tertiary/aromatic N) is 1. The number of carbonyl (C=O) groups is 1. The highest BCUT2D eigenvalue weighted by Crippen LogP contribution is 2.39. The monoisotopic (exact) mass is 439 g/mol. The van der Waals surface area contributed by atoms with Gasteiger partial charge in [0.1, 0.15) is 11.5 Å². The van der Waals surface area contributed by atoms with E-state index >= 15 is 0 Å². The van der Waals surface area contributed by atoms with Crippen LogP contribution in [0.5, 0.6) is 11.5 Å². The predicted molar refractivity (Wildman–Crippen MR) is 123 cm³/mol. The lowest BCUT2D eigenvalue weighted by atomic mass is 9.75. The lowest BCUT2D eigenvalue weighted by Gasteiger charge is -2.30. The van der Waals surface area contributed by atoms with Crippen molar-refractivity contribution < 1.29 is 14.3 Å². The molecule has 4 nitrogen and oxygen atoms in total. The van der Waals surface area contributed by atoms with Gasteiger partial charge in [0.15, 0.2) is 5.41 Å². The second-order valence-electron chi connectivity index (χ2n) is 8.23. The number of nitriles is 1. The van der Waals surface area contributed by atoms with E-state index in [-0.39, 0.29) is 5.38 Å². The lowest BCUT2D eigenvalue weighted by molar-refractivity contribution is -0.144. The molecule has 5 heteroatoms. The molecule has 164 valence electrons. The number of esters is 1. The van der Waals surface area contributed by atoms with E-state index in [4.69, 9.17) is 21.1 Å². The fraction of sp³-hybridized carbons (Fsp3) is 0.462. The average Bonchev–Trinajstić information content (AvgIpc) is 2.80. The zero-order valence-electron chi connectivity index (χ0n) is 18.1. The molecule has 2 aromatic rings. The molecule has 0 amide bonds. The summed E-state index contributed by atoms with van der Waals surface area (Å²) in [6.07, 6.45) is 7.18. The smallest absolute Gasteiger partial charge is 0.331 e. The van der Waals surface area contributed by atoms with Gasteiger partial charge in [-0.25, -0.2) is 4.79 Å². The van der Waals surface area contributed by atoms with E-state index in [0.717, 1.165) is 42.7 Å². The SMILES string of the molecule is CCCCCCOc1ccc(-c2ccc(OC(=O)C3(C#N)CCCC(Cl)C3)cc2)cc1. The van der Waals surface area contributed by atoms with Gasteiger partial charge < -0.3 is 9.47 Å². The molecule has 2 unspecified atom stereocenters. The van der Waals surface area contributed by atoms with Crippen LogP contribution in [0.4, 0.5) is 0 Å². The number of halogens is 1. The maximum Gasteiger partial charge on any atom is 0.331 e. The molecular weight excluding hydrogens is 410 g/mol. The first-order valence-corrected chi connectivity index (χ1v) is 11.6. The first-order chi connectivity index (χ1) is 15.1. The third-order valence-corrected chi connectivity index (χ3v) is 6.19.